The van der Waals surface area contributed by atoms with Crippen molar-refractivity contribution in [3.05, 3.63) is 109 Å². The summed E-state index contributed by atoms with van der Waals surface area (Å²) in [5.74, 6) is -2.80. The molecule has 0 amide bonds. The number of aromatic hydroxyl groups is 3. The predicted octanol–water partition coefficient (Wildman–Crippen LogP) is 6.86. The lowest BCUT2D eigenvalue weighted by Crippen LogP contribution is -2.03. The Kier molecular flexibility index (Phi) is 12.8. The summed E-state index contributed by atoms with van der Waals surface area (Å²) in [6, 6.07) is 20.3. The molecule has 0 aliphatic heterocycles. The summed E-state index contributed by atoms with van der Waals surface area (Å²) in [6.07, 6.45) is 0. The number of nitrogens with zero attached hydrogens (tertiary/aromatic N) is 6. The van der Waals surface area contributed by atoms with Gasteiger partial charge < -0.3 is 49.6 Å². The third-order valence-corrected chi connectivity index (χ3v) is 14.8. The Hall–Kier alpha value is -8.11. The second-order valence-corrected chi connectivity index (χ2v) is 22.1. The van der Waals surface area contributed by atoms with Crippen LogP contribution in [-0.4, -0.2) is 80.2 Å². The molecule has 0 saturated carbocycles. The Bertz CT molecular complexity index is 4390. The molecule has 8 rings (SSSR count). The summed E-state index contributed by atoms with van der Waals surface area (Å²) in [7, 11) is -26.4. The van der Waals surface area contributed by atoms with E-state index in [1.165, 1.54) is 36.4 Å². The predicted molar refractivity (Wildman–Crippen MR) is 250 cm³/mol. The van der Waals surface area contributed by atoms with E-state index in [0.29, 0.717) is 35.4 Å². The first-order chi connectivity index (χ1) is 33.9. The van der Waals surface area contributed by atoms with Crippen LogP contribution >= 0.6 is 0 Å². The molecule has 31 heteroatoms. The molecule has 8 aromatic rings. The zero-order valence-electron chi connectivity index (χ0n) is 35.7. The van der Waals surface area contributed by atoms with Gasteiger partial charge in [-0.05, 0) is 112 Å². The van der Waals surface area contributed by atoms with Crippen LogP contribution in [0.15, 0.2) is 164 Å². The van der Waals surface area contributed by atoms with Crippen molar-refractivity contribution in [2.45, 2.75) is 24.5 Å². The molecule has 73 heavy (non-hydrogen) atoms. The number of benzene rings is 8. The number of rotatable bonds is 12. The maximum Gasteiger partial charge on any atom is 0.154 e. The number of fused-ring (bicyclic) bond motifs is 3. The van der Waals surface area contributed by atoms with Gasteiger partial charge in [-0.15, -0.1) is 15.3 Å². The summed E-state index contributed by atoms with van der Waals surface area (Å²) in [6.45, 7) is 0. The highest BCUT2D eigenvalue weighted by Gasteiger charge is 2.23. The number of azo groups is 3. The second-order valence-electron chi connectivity index (χ2n) is 15.3. The number of nitrogens with two attached hydrogens (primary N) is 2. The lowest BCUT2D eigenvalue weighted by molar-refractivity contribution is 0.457. The van der Waals surface area contributed by atoms with Gasteiger partial charge in [0.2, 0.25) is 0 Å². The first-order valence-corrected chi connectivity index (χ1v) is 26.7. The van der Waals surface area contributed by atoms with Crippen molar-refractivity contribution in [3.63, 3.8) is 0 Å². The van der Waals surface area contributed by atoms with Gasteiger partial charge >= 0.3 is 0 Å². The number of phenols is 3. The van der Waals surface area contributed by atoms with Crippen LogP contribution in [0.3, 0.4) is 0 Å². The number of nitrogen functional groups attached to an aromatic ring is 2. The molecule has 26 nitrogen and oxygen atoms in total. The maximum atomic E-state index is 12.5. The lowest BCUT2D eigenvalue weighted by Gasteiger charge is -2.16. The fourth-order valence-corrected chi connectivity index (χ4v) is 10.3. The van der Waals surface area contributed by atoms with Crippen molar-refractivity contribution in [2.75, 3.05) is 11.5 Å². The van der Waals surface area contributed by atoms with E-state index in [4.69, 9.17) is 11.5 Å². The largest absolute Gasteiger partial charge is 0.744 e. The van der Waals surface area contributed by atoms with E-state index in [2.05, 4.69) is 30.7 Å². The Balaban J connectivity index is 1.05. The molecule has 0 radical (unpaired) electrons. The van der Waals surface area contributed by atoms with Gasteiger partial charge in [0.25, 0.3) is 0 Å². The standard InChI is InChI=1S/C42H30N8O18S5/c43-30-17-27(69(54,55)56)12-22-15-33(72(63,64)65)38(41(52)35(22)30)49-46-25-7-3-20(4-8-25)19-1-5-24(6-2-19)45-48-37-32(71(60,61)62)14-21-11-26(9-10-29(21)40(37)51)47-50-39-34(73(66,67)68)16-23-13-28(70(57,58)59)18-31(44)36(23)42(39)53/h1-18,51-53H,43-44H2,(H,54,55,56)(H,57,58,59)(H,60,61,62)(H,63,64,65)(H,66,67,68)/p-5. The molecule has 0 saturated heterocycles. The van der Waals surface area contributed by atoms with Crippen LogP contribution in [0, 0.1) is 0 Å². The Labute approximate surface area is 410 Å². The third kappa shape index (κ3) is 10.3. The van der Waals surface area contributed by atoms with Crippen LogP contribution in [0.5, 0.6) is 17.2 Å². The van der Waals surface area contributed by atoms with Gasteiger partial charge in [-0.2, -0.15) is 15.3 Å². The molecule has 0 aliphatic rings. The fraction of sp³-hybridized carbons (Fsp3) is 0. The Morgan fingerprint density at radius 1 is 0.356 bits per heavy atom. The van der Waals surface area contributed by atoms with Gasteiger partial charge in [0.05, 0.1) is 41.5 Å². The van der Waals surface area contributed by atoms with E-state index in [0.717, 1.165) is 24.3 Å². The van der Waals surface area contributed by atoms with Crippen LogP contribution in [-0.2, 0) is 50.6 Å². The number of hydrogen-bond acceptors (Lipinski definition) is 26. The summed E-state index contributed by atoms with van der Waals surface area (Å²) >= 11 is 0. The van der Waals surface area contributed by atoms with E-state index < -0.39 is 132 Å². The van der Waals surface area contributed by atoms with E-state index in [9.17, 15) is 80.2 Å². The van der Waals surface area contributed by atoms with Crippen LogP contribution in [0.2, 0.25) is 0 Å². The zero-order valence-corrected chi connectivity index (χ0v) is 39.8. The Morgan fingerprint density at radius 2 is 0.685 bits per heavy atom. The van der Waals surface area contributed by atoms with Gasteiger partial charge in [-0.1, -0.05) is 24.3 Å². The van der Waals surface area contributed by atoms with Crippen molar-refractivity contribution < 1.29 is 80.2 Å². The number of hydrogen-bond donors (Lipinski definition) is 5. The minimum absolute atomic E-state index is 0.0873. The van der Waals surface area contributed by atoms with E-state index in [1.807, 2.05) is 0 Å². The first-order valence-electron chi connectivity index (χ1n) is 19.6. The molecule has 0 aliphatic carbocycles. The quantitative estimate of drug-likeness (QED) is 0.0473. The molecular weight excluding hydrogens is 1060 g/mol. The smallest absolute Gasteiger partial charge is 0.154 e. The van der Waals surface area contributed by atoms with Crippen LogP contribution < -0.4 is 11.5 Å². The minimum atomic E-state index is -5.48. The summed E-state index contributed by atoms with van der Waals surface area (Å²) in [5, 5.41) is 54.3. The molecule has 7 N–H and O–H groups in total. The van der Waals surface area contributed by atoms with Gasteiger partial charge in [0, 0.05) is 27.5 Å². The average Bonchev–Trinajstić information content (AvgIpc) is 3.28. The van der Waals surface area contributed by atoms with E-state index in [1.54, 1.807) is 24.3 Å². The third-order valence-electron chi connectivity index (χ3n) is 10.6. The van der Waals surface area contributed by atoms with E-state index in [-0.39, 0.29) is 38.6 Å². The molecule has 8 aromatic carbocycles. The minimum Gasteiger partial charge on any atom is -0.744 e. The molecular formula is C42H25N8O18S5-5. The van der Waals surface area contributed by atoms with Crippen LogP contribution in [0.25, 0.3) is 43.4 Å². The highest BCUT2D eigenvalue weighted by atomic mass is 32.2. The molecule has 0 bridgehead atoms. The SMILES string of the molecule is Nc1cc(S(=O)(=O)[O-])cc2cc(S(=O)(=O)[O-])c(N=Nc3ccc(-c4ccc(N=Nc5c(S(=O)(=O)[O-])cc6cc(N=Nc7c(S(=O)(=O)[O-])cc8cc(S(=O)(=O)[O-])cc(N)c8c7O)ccc6c5O)cc4)cc3)c(O)c12. The second kappa shape index (κ2) is 18.2. The van der Waals surface area contributed by atoms with E-state index >= 15 is 0 Å². The van der Waals surface area contributed by atoms with Gasteiger partial charge in [-0.3, -0.25) is 0 Å². The average molecular weight is 1090 g/mol. The van der Waals surface area contributed by atoms with Crippen molar-refractivity contribution in [3.8, 4) is 28.4 Å². The normalized spacial score (nSPS) is 13.1. The van der Waals surface area contributed by atoms with Crippen LogP contribution in [0.1, 0.15) is 0 Å². The number of phenolic OH excluding ortho intramolecular Hbond substituents is 3. The van der Waals surface area contributed by atoms with Crippen molar-refractivity contribution in [2.24, 2.45) is 30.7 Å². The molecule has 0 aromatic heterocycles. The van der Waals surface area contributed by atoms with Gasteiger partial charge in [0.15, 0.2) is 17.2 Å². The van der Waals surface area contributed by atoms with Crippen molar-refractivity contribution in [1.82, 2.24) is 0 Å². The van der Waals surface area contributed by atoms with Crippen molar-refractivity contribution in [1.29, 1.82) is 0 Å². The van der Waals surface area contributed by atoms with Gasteiger partial charge in [0.1, 0.15) is 67.7 Å². The maximum absolute atomic E-state index is 12.5. The Morgan fingerprint density at radius 3 is 1.04 bits per heavy atom. The lowest BCUT2D eigenvalue weighted by atomic mass is 10.1. The zero-order chi connectivity index (χ0) is 53.3. The molecule has 0 spiro atoms. The molecule has 0 fully saturated rings. The molecule has 0 atom stereocenters. The monoisotopic (exact) mass is 1090 g/mol. The summed E-state index contributed by atoms with van der Waals surface area (Å²) < 4.78 is 180. The number of anilines is 2. The van der Waals surface area contributed by atoms with Crippen molar-refractivity contribution >= 4 is 128 Å². The molecule has 0 heterocycles. The first kappa shape index (κ1) is 51.3. The molecule has 0 unspecified atom stereocenters. The van der Waals surface area contributed by atoms with Crippen LogP contribution in [0.4, 0.5) is 45.5 Å². The summed E-state index contributed by atoms with van der Waals surface area (Å²) in [4.78, 5) is -5.06. The highest BCUT2D eigenvalue weighted by molar-refractivity contribution is 7.87. The summed E-state index contributed by atoms with van der Waals surface area (Å²) in [5.41, 5.74) is 9.32. The topological polar surface area (TPSA) is 473 Å². The molecule has 376 valence electrons. The fourth-order valence-electron chi connectivity index (χ4n) is 7.30. The highest BCUT2D eigenvalue weighted by Crippen LogP contribution is 2.47. The van der Waals surface area contributed by atoms with Gasteiger partial charge in [-0.25, -0.2) is 42.1 Å².